The average molecular weight is 499 g/mol. The lowest BCUT2D eigenvalue weighted by Gasteiger charge is -2.17. The van der Waals surface area contributed by atoms with Gasteiger partial charge in [0.2, 0.25) is 5.78 Å². The molecule has 0 saturated carbocycles. The number of fused-ring (bicyclic) bond motifs is 1. The number of nitrogens with one attached hydrogen (secondary N) is 1. The number of halogens is 2. The number of hydrogen-bond donors (Lipinski definition) is 1. The van der Waals surface area contributed by atoms with Gasteiger partial charge in [0.15, 0.2) is 12.7 Å². The Kier molecular flexibility index (Phi) is 6.39. The lowest BCUT2D eigenvalue weighted by atomic mass is 9.99. The summed E-state index contributed by atoms with van der Waals surface area (Å²) in [4.78, 5) is 29.0. The number of para-hydroxylation sites is 1. The van der Waals surface area contributed by atoms with Gasteiger partial charge in [-0.15, -0.1) is 0 Å². The molecule has 3 aromatic carbocycles. The molecule has 0 aliphatic carbocycles. The molecule has 0 bridgehead atoms. The van der Waals surface area contributed by atoms with Gasteiger partial charge in [-0.2, -0.15) is 0 Å². The van der Waals surface area contributed by atoms with Crippen molar-refractivity contribution in [1.29, 1.82) is 0 Å². The van der Waals surface area contributed by atoms with Crippen LogP contribution < -0.4 is 4.74 Å². The number of ketones is 1. The minimum atomic E-state index is -1.09. The van der Waals surface area contributed by atoms with Crippen LogP contribution >= 0.6 is 27.5 Å². The maximum absolute atomic E-state index is 13.4. The minimum absolute atomic E-state index is 0.315. The molecule has 1 N–H and O–H groups in total. The van der Waals surface area contributed by atoms with Crippen LogP contribution in [0.3, 0.4) is 0 Å². The van der Waals surface area contributed by atoms with Gasteiger partial charge in [-0.3, -0.25) is 4.79 Å². The molecule has 4 rings (SSSR count). The number of ether oxygens (including phenoxy) is 2. The van der Waals surface area contributed by atoms with E-state index in [9.17, 15) is 9.59 Å². The second kappa shape index (κ2) is 9.37. The van der Waals surface area contributed by atoms with Crippen LogP contribution in [0.15, 0.2) is 83.5 Å². The Morgan fingerprint density at radius 3 is 2.52 bits per heavy atom. The Bertz CT molecular complexity index is 1240. The second-order valence-electron chi connectivity index (χ2n) is 6.76. The molecule has 0 radical (unpaired) electrons. The van der Waals surface area contributed by atoms with E-state index in [0.29, 0.717) is 26.4 Å². The summed E-state index contributed by atoms with van der Waals surface area (Å²) < 4.78 is 11.7. The molecular weight excluding hydrogens is 482 g/mol. The molecular formula is C24H17BrClNO4. The van der Waals surface area contributed by atoms with Crippen molar-refractivity contribution in [1.82, 2.24) is 4.98 Å². The molecule has 5 nitrogen and oxygen atoms in total. The minimum Gasteiger partial charge on any atom is -0.481 e. The van der Waals surface area contributed by atoms with Gasteiger partial charge < -0.3 is 14.5 Å². The highest BCUT2D eigenvalue weighted by atomic mass is 79.9. The summed E-state index contributed by atoms with van der Waals surface area (Å²) in [6.45, 7) is -0.356. The van der Waals surface area contributed by atoms with Gasteiger partial charge in [0.25, 0.3) is 0 Å². The van der Waals surface area contributed by atoms with Crippen LogP contribution in [-0.4, -0.2) is 23.3 Å². The molecule has 1 unspecified atom stereocenters. The number of aromatic amines is 1. The molecule has 0 aliphatic heterocycles. The van der Waals surface area contributed by atoms with Gasteiger partial charge in [0.1, 0.15) is 5.75 Å². The third-order valence-corrected chi connectivity index (χ3v) is 5.54. The van der Waals surface area contributed by atoms with Crippen LogP contribution in [0.25, 0.3) is 10.9 Å². The summed E-state index contributed by atoms with van der Waals surface area (Å²) >= 11 is 9.26. The van der Waals surface area contributed by atoms with E-state index in [1.165, 1.54) is 0 Å². The quantitative estimate of drug-likeness (QED) is 0.246. The van der Waals surface area contributed by atoms with Crippen molar-refractivity contribution < 1.29 is 19.1 Å². The molecule has 0 fully saturated rings. The third-order valence-electron chi connectivity index (χ3n) is 4.68. The van der Waals surface area contributed by atoms with E-state index in [-0.39, 0.29) is 12.4 Å². The first-order chi connectivity index (χ1) is 15.0. The Balaban J connectivity index is 1.55. The maximum atomic E-state index is 13.4. The van der Waals surface area contributed by atoms with Crippen LogP contribution in [-0.2, 0) is 9.53 Å². The predicted octanol–water partition coefficient (Wildman–Crippen LogP) is 6.13. The van der Waals surface area contributed by atoms with Crippen molar-refractivity contribution in [3.05, 3.63) is 99.6 Å². The van der Waals surface area contributed by atoms with Crippen molar-refractivity contribution in [2.45, 2.75) is 6.10 Å². The number of Topliss-reactive ketones (excluding diaryl/α,β-unsaturated/α-hetero) is 1. The van der Waals surface area contributed by atoms with Crippen molar-refractivity contribution in [3.8, 4) is 5.75 Å². The maximum Gasteiger partial charge on any atom is 0.345 e. The van der Waals surface area contributed by atoms with Gasteiger partial charge in [0, 0.05) is 33.2 Å². The number of carbonyl (C=O) groups excluding carboxylic acids is 2. The van der Waals surface area contributed by atoms with Gasteiger partial charge in [0.05, 0.1) is 4.47 Å². The Morgan fingerprint density at radius 1 is 1.00 bits per heavy atom. The largest absolute Gasteiger partial charge is 0.481 e. The molecule has 1 aromatic heterocycles. The molecule has 7 heteroatoms. The van der Waals surface area contributed by atoms with E-state index >= 15 is 0 Å². The number of benzene rings is 3. The van der Waals surface area contributed by atoms with E-state index in [1.807, 2.05) is 30.3 Å². The zero-order valence-corrected chi connectivity index (χ0v) is 18.5. The summed E-state index contributed by atoms with van der Waals surface area (Å²) in [5.74, 6) is -0.533. The summed E-state index contributed by atoms with van der Waals surface area (Å²) in [6, 6.07) is 21.4. The normalized spacial score (nSPS) is 11.8. The number of H-pyrrole nitrogens is 1. The van der Waals surface area contributed by atoms with Crippen LogP contribution in [0.1, 0.15) is 22.0 Å². The SMILES string of the molecule is O=C(COc1ccc(Cl)cc1Br)OC(C(=O)c1c[nH]c2ccccc12)c1ccccc1. The van der Waals surface area contributed by atoms with Gasteiger partial charge in [-0.1, -0.05) is 60.1 Å². The van der Waals surface area contributed by atoms with Crippen LogP contribution in [0.4, 0.5) is 0 Å². The van der Waals surface area contributed by atoms with E-state index in [2.05, 4.69) is 20.9 Å². The fourth-order valence-corrected chi connectivity index (χ4v) is 4.01. The highest BCUT2D eigenvalue weighted by Crippen LogP contribution is 2.29. The fourth-order valence-electron chi connectivity index (χ4n) is 3.21. The lowest BCUT2D eigenvalue weighted by Crippen LogP contribution is -2.23. The number of aromatic nitrogens is 1. The lowest BCUT2D eigenvalue weighted by molar-refractivity contribution is -0.149. The zero-order valence-electron chi connectivity index (χ0n) is 16.2. The standard InChI is InChI=1S/C24H17BrClNO4/c25-19-12-16(26)10-11-21(19)30-14-22(28)31-24(15-6-2-1-3-7-15)23(29)18-13-27-20-9-5-4-8-17(18)20/h1-13,24,27H,14H2. The van der Waals surface area contributed by atoms with Crippen molar-refractivity contribution in [3.63, 3.8) is 0 Å². The molecule has 4 aromatic rings. The molecule has 0 aliphatic rings. The summed E-state index contributed by atoms with van der Waals surface area (Å²) in [5.41, 5.74) is 1.87. The molecule has 1 heterocycles. The van der Waals surface area contributed by atoms with Gasteiger partial charge in [-0.05, 0) is 40.2 Å². The summed E-state index contributed by atoms with van der Waals surface area (Å²) in [5, 5.41) is 1.31. The highest BCUT2D eigenvalue weighted by Gasteiger charge is 2.28. The number of esters is 1. The number of carbonyl (C=O) groups is 2. The molecule has 0 saturated heterocycles. The Morgan fingerprint density at radius 2 is 1.74 bits per heavy atom. The number of hydrogen-bond acceptors (Lipinski definition) is 4. The molecule has 31 heavy (non-hydrogen) atoms. The topological polar surface area (TPSA) is 68.4 Å². The smallest absolute Gasteiger partial charge is 0.345 e. The fraction of sp³-hybridized carbons (Fsp3) is 0.0833. The van der Waals surface area contributed by atoms with Crippen molar-refractivity contribution in [2.75, 3.05) is 6.61 Å². The first-order valence-electron chi connectivity index (χ1n) is 9.45. The Labute approximate surface area is 192 Å². The molecule has 156 valence electrons. The molecule has 0 spiro atoms. The van der Waals surface area contributed by atoms with Gasteiger partial charge in [-0.25, -0.2) is 4.79 Å². The summed E-state index contributed by atoms with van der Waals surface area (Å²) in [6.07, 6.45) is 0.545. The Hall–Kier alpha value is -3.09. The predicted molar refractivity (Wildman–Crippen MR) is 123 cm³/mol. The van der Waals surface area contributed by atoms with Crippen molar-refractivity contribution in [2.24, 2.45) is 0 Å². The van der Waals surface area contributed by atoms with Crippen molar-refractivity contribution >= 4 is 50.2 Å². The highest BCUT2D eigenvalue weighted by molar-refractivity contribution is 9.10. The first kappa shape index (κ1) is 21.2. The zero-order chi connectivity index (χ0) is 21.8. The number of rotatable bonds is 7. The van der Waals surface area contributed by atoms with Crippen LogP contribution in [0.5, 0.6) is 5.75 Å². The van der Waals surface area contributed by atoms with Crippen LogP contribution in [0, 0.1) is 0 Å². The monoisotopic (exact) mass is 497 g/mol. The molecule has 0 amide bonds. The van der Waals surface area contributed by atoms with E-state index in [1.54, 1.807) is 48.7 Å². The summed E-state index contributed by atoms with van der Waals surface area (Å²) in [7, 11) is 0. The van der Waals surface area contributed by atoms with E-state index in [4.69, 9.17) is 21.1 Å². The van der Waals surface area contributed by atoms with Crippen LogP contribution in [0.2, 0.25) is 5.02 Å². The first-order valence-corrected chi connectivity index (χ1v) is 10.6. The third kappa shape index (κ3) is 4.81. The molecule has 1 atom stereocenters. The van der Waals surface area contributed by atoms with Gasteiger partial charge >= 0.3 is 5.97 Å². The second-order valence-corrected chi connectivity index (χ2v) is 8.05. The average Bonchev–Trinajstić information content (AvgIpc) is 3.21. The van der Waals surface area contributed by atoms with E-state index in [0.717, 1.165) is 10.9 Å². The van der Waals surface area contributed by atoms with E-state index < -0.39 is 12.1 Å².